The highest BCUT2D eigenvalue weighted by Gasteiger charge is 2.40. The van der Waals surface area contributed by atoms with Crippen molar-refractivity contribution in [3.63, 3.8) is 0 Å². The van der Waals surface area contributed by atoms with Crippen LogP contribution in [-0.4, -0.2) is 110 Å². The molecule has 36 heavy (non-hydrogen) atoms. The first kappa shape index (κ1) is 26.7. The number of morpholine rings is 1. The number of anilines is 1. The Balaban J connectivity index is 1.26. The highest BCUT2D eigenvalue weighted by atomic mass is 19.1. The first-order chi connectivity index (χ1) is 17.5. The molecular formula is C25H37FN4O6. The minimum absolute atomic E-state index is 0.0477. The number of halogens is 1. The van der Waals surface area contributed by atoms with Gasteiger partial charge in [-0.05, 0) is 50.1 Å². The van der Waals surface area contributed by atoms with E-state index in [1.807, 2.05) is 0 Å². The predicted octanol–water partition coefficient (Wildman–Crippen LogP) is 1.20. The van der Waals surface area contributed by atoms with Gasteiger partial charge in [-0.15, -0.1) is 0 Å². The quantitative estimate of drug-likeness (QED) is 0.475. The minimum atomic E-state index is -0.828. The van der Waals surface area contributed by atoms with Crippen molar-refractivity contribution in [2.45, 2.75) is 50.0 Å². The van der Waals surface area contributed by atoms with Gasteiger partial charge in [-0.2, -0.15) is 0 Å². The Bertz CT molecular complexity index is 853. The molecule has 3 saturated heterocycles. The molecule has 0 radical (unpaired) electrons. The molecular weight excluding hydrogens is 471 g/mol. The van der Waals surface area contributed by atoms with Crippen molar-refractivity contribution in [3.8, 4) is 0 Å². The van der Waals surface area contributed by atoms with Gasteiger partial charge in [0, 0.05) is 25.3 Å². The molecule has 4 atom stereocenters. The number of nitrogens with one attached hydrogen (secondary N) is 2. The fourth-order valence-electron chi connectivity index (χ4n) is 4.94. The van der Waals surface area contributed by atoms with Crippen molar-refractivity contribution in [3.05, 3.63) is 30.1 Å². The van der Waals surface area contributed by atoms with E-state index >= 15 is 0 Å². The number of carbonyl (C=O) groups excluding carboxylic acids is 2. The number of ether oxygens (including phenoxy) is 3. The van der Waals surface area contributed by atoms with Crippen LogP contribution in [0.1, 0.15) is 25.7 Å². The number of fused-ring (bicyclic) bond motifs is 1. The second kappa shape index (κ2) is 13.3. The second-order valence-corrected chi connectivity index (χ2v) is 9.58. The number of aliphatic hydroxyl groups excluding tert-OH is 1. The van der Waals surface area contributed by atoms with E-state index in [4.69, 9.17) is 14.2 Å². The van der Waals surface area contributed by atoms with Crippen LogP contribution in [0.3, 0.4) is 0 Å². The summed E-state index contributed by atoms with van der Waals surface area (Å²) in [4.78, 5) is 29.5. The van der Waals surface area contributed by atoms with Crippen molar-refractivity contribution in [1.29, 1.82) is 0 Å². The molecule has 0 aliphatic carbocycles. The third-order valence-corrected chi connectivity index (χ3v) is 6.83. The largest absolute Gasteiger partial charge is 0.389 e. The maximum atomic E-state index is 13.2. The minimum Gasteiger partial charge on any atom is -0.389 e. The molecule has 0 spiro atoms. The average Bonchev–Trinajstić information content (AvgIpc) is 2.86. The Morgan fingerprint density at radius 1 is 1.08 bits per heavy atom. The topological polar surface area (TPSA) is 113 Å². The normalized spacial score (nSPS) is 27.4. The molecule has 3 fully saturated rings. The number of rotatable bonds is 7. The van der Waals surface area contributed by atoms with Crippen LogP contribution in [0.4, 0.5) is 14.9 Å². The Hall–Kier alpha value is -2.31. The molecule has 200 valence electrons. The molecule has 3 amide bonds. The summed E-state index contributed by atoms with van der Waals surface area (Å²) in [5, 5.41) is 16.0. The molecule has 0 unspecified atom stereocenters. The van der Waals surface area contributed by atoms with Crippen LogP contribution < -0.4 is 10.6 Å². The molecule has 0 saturated carbocycles. The van der Waals surface area contributed by atoms with E-state index in [1.54, 1.807) is 4.90 Å². The van der Waals surface area contributed by atoms with Gasteiger partial charge in [0.15, 0.2) is 0 Å². The maximum Gasteiger partial charge on any atom is 0.322 e. The van der Waals surface area contributed by atoms with Gasteiger partial charge in [0.05, 0.1) is 57.6 Å². The van der Waals surface area contributed by atoms with Gasteiger partial charge in [-0.1, -0.05) is 0 Å². The fraction of sp³-hybridized carbons (Fsp3) is 0.680. The van der Waals surface area contributed by atoms with E-state index in [1.165, 1.54) is 24.3 Å². The van der Waals surface area contributed by atoms with Crippen molar-refractivity contribution in [2.24, 2.45) is 0 Å². The summed E-state index contributed by atoms with van der Waals surface area (Å²) in [5.74, 6) is -0.437. The standard InChI is InChI=1S/C25H37FN4O6/c26-18-2-4-19(5-3-18)28-25(33)30-15-20(31)16-35-17-23-22(30)7-6-21(36-23)14-24(32)27-8-1-9-29-10-12-34-13-11-29/h2-5,20-23,31H,1,6-17H2,(H,27,32)(H,28,33)/t20-,21-,22-,23+/m1/s1. The van der Waals surface area contributed by atoms with Gasteiger partial charge < -0.3 is 34.9 Å². The smallest absolute Gasteiger partial charge is 0.322 e. The molecule has 3 aliphatic rings. The molecule has 3 N–H and O–H groups in total. The Morgan fingerprint density at radius 3 is 2.64 bits per heavy atom. The lowest BCUT2D eigenvalue weighted by molar-refractivity contribution is -0.149. The number of urea groups is 1. The lowest BCUT2D eigenvalue weighted by atomic mass is 9.95. The van der Waals surface area contributed by atoms with Gasteiger partial charge in [0.25, 0.3) is 0 Å². The summed E-state index contributed by atoms with van der Waals surface area (Å²) in [7, 11) is 0. The molecule has 4 rings (SSSR count). The fourth-order valence-corrected chi connectivity index (χ4v) is 4.94. The number of hydrogen-bond acceptors (Lipinski definition) is 7. The zero-order valence-electron chi connectivity index (χ0n) is 20.6. The van der Waals surface area contributed by atoms with Crippen molar-refractivity contribution >= 4 is 17.6 Å². The maximum absolute atomic E-state index is 13.2. The predicted molar refractivity (Wildman–Crippen MR) is 130 cm³/mol. The van der Waals surface area contributed by atoms with Crippen LogP contribution in [-0.2, 0) is 19.0 Å². The number of hydrogen-bond donors (Lipinski definition) is 3. The van der Waals surface area contributed by atoms with Gasteiger partial charge in [0.1, 0.15) is 11.9 Å². The monoisotopic (exact) mass is 508 g/mol. The molecule has 0 aromatic heterocycles. The molecule has 3 heterocycles. The van der Waals surface area contributed by atoms with Gasteiger partial charge in [0.2, 0.25) is 5.91 Å². The highest BCUT2D eigenvalue weighted by molar-refractivity contribution is 5.89. The van der Waals surface area contributed by atoms with Crippen LogP contribution in [0, 0.1) is 5.82 Å². The molecule has 3 aliphatic heterocycles. The van der Waals surface area contributed by atoms with E-state index in [-0.39, 0.29) is 50.0 Å². The SMILES string of the molecule is O=C(C[C@H]1CC[C@@H]2[C@H](COC[C@H](O)CN2C(=O)Nc2ccc(F)cc2)O1)NCCCN1CCOCC1. The second-order valence-electron chi connectivity index (χ2n) is 9.58. The van der Waals surface area contributed by atoms with Crippen LogP contribution in [0.2, 0.25) is 0 Å². The van der Waals surface area contributed by atoms with Crippen LogP contribution in [0.25, 0.3) is 0 Å². The third kappa shape index (κ3) is 7.84. The van der Waals surface area contributed by atoms with Gasteiger partial charge in [-0.25, -0.2) is 9.18 Å². The van der Waals surface area contributed by atoms with Crippen molar-refractivity contribution in [2.75, 3.05) is 64.5 Å². The summed E-state index contributed by atoms with van der Waals surface area (Å²) in [5.41, 5.74) is 0.464. The number of nitrogens with zero attached hydrogens (tertiary/aromatic N) is 2. The zero-order chi connectivity index (χ0) is 25.3. The summed E-state index contributed by atoms with van der Waals surface area (Å²) >= 11 is 0. The van der Waals surface area contributed by atoms with E-state index in [0.717, 1.165) is 39.3 Å². The van der Waals surface area contributed by atoms with Gasteiger partial charge >= 0.3 is 6.03 Å². The lowest BCUT2D eigenvalue weighted by Crippen LogP contribution is -2.58. The van der Waals surface area contributed by atoms with E-state index in [0.29, 0.717) is 25.1 Å². The number of β-amino-alcohol motifs (C(OH)–C–C–N with tert-alkyl or cyclic N) is 1. The van der Waals surface area contributed by atoms with E-state index in [2.05, 4.69) is 15.5 Å². The van der Waals surface area contributed by atoms with E-state index < -0.39 is 18.2 Å². The Labute approximate surface area is 211 Å². The highest BCUT2D eigenvalue weighted by Crippen LogP contribution is 2.28. The molecule has 0 bridgehead atoms. The summed E-state index contributed by atoms with van der Waals surface area (Å²) in [6.45, 7) is 5.35. The average molecular weight is 509 g/mol. The zero-order valence-corrected chi connectivity index (χ0v) is 20.6. The summed E-state index contributed by atoms with van der Waals surface area (Å²) in [6.07, 6.45) is 0.864. The molecule has 11 heteroatoms. The van der Waals surface area contributed by atoms with Crippen LogP contribution in [0.5, 0.6) is 0 Å². The number of carbonyl (C=O) groups is 2. The number of benzene rings is 1. The first-order valence-electron chi connectivity index (χ1n) is 12.8. The number of amides is 3. The van der Waals surface area contributed by atoms with E-state index in [9.17, 15) is 19.1 Å². The van der Waals surface area contributed by atoms with Gasteiger partial charge in [-0.3, -0.25) is 9.69 Å². The van der Waals surface area contributed by atoms with Crippen molar-refractivity contribution in [1.82, 2.24) is 15.1 Å². The molecule has 10 nitrogen and oxygen atoms in total. The Kier molecular flexibility index (Phi) is 9.88. The summed E-state index contributed by atoms with van der Waals surface area (Å²) < 4.78 is 30.4. The van der Waals surface area contributed by atoms with Crippen LogP contribution >= 0.6 is 0 Å². The third-order valence-electron chi connectivity index (χ3n) is 6.83. The molecule has 1 aromatic rings. The number of aliphatic hydroxyl groups is 1. The van der Waals surface area contributed by atoms with Crippen LogP contribution in [0.15, 0.2) is 24.3 Å². The van der Waals surface area contributed by atoms with Crippen molar-refractivity contribution < 1.29 is 33.3 Å². The Morgan fingerprint density at radius 2 is 1.86 bits per heavy atom. The summed E-state index contributed by atoms with van der Waals surface area (Å²) in [6, 6.07) is 4.82. The lowest BCUT2D eigenvalue weighted by Gasteiger charge is -2.44. The first-order valence-corrected chi connectivity index (χ1v) is 12.8. The molecule has 1 aromatic carbocycles.